The molecule has 0 aliphatic carbocycles. The molecule has 2 aromatic carbocycles. The third-order valence-electron chi connectivity index (χ3n) is 3.55. The van der Waals surface area contributed by atoms with E-state index >= 15 is 0 Å². The van der Waals surface area contributed by atoms with E-state index in [4.69, 9.17) is 0 Å². The van der Waals surface area contributed by atoms with Crippen LogP contribution < -0.4 is 0 Å². The van der Waals surface area contributed by atoms with Crippen molar-refractivity contribution in [3.8, 4) is 17.2 Å². The van der Waals surface area contributed by atoms with Crippen molar-refractivity contribution in [3.63, 3.8) is 0 Å². The number of rotatable bonds is 4. The maximum absolute atomic E-state index is 9.73. The number of aromatic nitrogens is 2. The molecule has 0 spiro atoms. The Balaban J connectivity index is 2.32. The van der Waals surface area contributed by atoms with Gasteiger partial charge >= 0.3 is 0 Å². The summed E-state index contributed by atoms with van der Waals surface area (Å²) in [5.74, 6) is 0.380. The lowest BCUT2D eigenvalue weighted by Gasteiger charge is -2.10. The maximum atomic E-state index is 9.73. The molecule has 110 valence electrons. The van der Waals surface area contributed by atoms with E-state index in [0.29, 0.717) is 6.42 Å². The molecule has 0 unspecified atom stereocenters. The molecule has 3 rings (SSSR count). The molecule has 0 radical (unpaired) electrons. The van der Waals surface area contributed by atoms with E-state index in [1.807, 2.05) is 4.68 Å². The van der Waals surface area contributed by atoms with Crippen molar-refractivity contribution >= 4 is 17.0 Å². The fourth-order valence-corrected chi connectivity index (χ4v) is 2.56. The van der Waals surface area contributed by atoms with Gasteiger partial charge in [0.1, 0.15) is 11.5 Å². The number of aromatic hydroxyl groups is 2. The van der Waals surface area contributed by atoms with Crippen molar-refractivity contribution in [2.24, 2.45) is 0 Å². The van der Waals surface area contributed by atoms with Crippen LogP contribution in [0.3, 0.4) is 0 Å². The molecule has 4 heteroatoms. The summed E-state index contributed by atoms with van der Waals surface area (Å²) in [5, 5.41) is 24.9. The van der Waals surface area contributed by atoms with Crippen molar-refractivity contribution < 1.29 is 10.2 Å². The van der Waals surface area contributed by atoms with Gasteiger partial charge in [0.25, 0.3) is 0 Å². The smallest absolute Gasteiger partial charge is 0.116 e. The summed E-state index contributed by atoms with van der Waals surface area (Å²) in [6.07, 6.45) is 4.08. The van der Waals surface area contributed by atoms with Crippen LogP contribution in [0.15, 0.2) is 55.6 Å². The third-order valence-corrected chi connectivity index (χ3v) is 3.55. The van der Waals surface area contributed by atoms with Crippen LogP contribution in [0.1, 0.15) is 11.3 Å². The molecule has 0 saturated heterocycles. The first-order chi connectivity index (χ1) is 10.6. The van der Waals surface area contributed by atoms with Gasteiger partial charge in [0, 0.05) is 17.4 Å². The fraction of sp³-hybridized carbons (Fsp3) is 0.0556. The van der Waals surface area contributed by atoms with Gasteiger partial charge in [-0.25, -0.2) is 4.68 Å². The SMILES string of the molecule is C=CCc1c2cc(O)ccc2nn1-c1ccc(O)cc1C=C. The Bertz CT molecular complexity index is 878. The lowest BCUT2D eigenvalue weighted by Crippen LogP contribution is -2.03. The molecular formula is C18H16N2O2. The second-order valence-corrected chi connectivity index (χ2v) is 5.00. The van der Waals surface area contributed by atoms with Crippen molar-refractivity contribution in [1.29, 1.82) is 0 Å². The lowest BCUT2D eigenvalue weighted by molar-refractivity contribution is 0.475. The van der Waals surface area contributed by atoms with Crippen LogP contribution in [0.2, 0.25) is 0 Å². The average molecular weight is 292 g/mol. The standard InChI is InChI=1S/C18H16N2O2/c1-3-5-18-15-11-14(22)6-8-16(15)19-20(18)17-9-7-13(21)10-12(17)4-2/h3-4,6-11,21-22H,1-2,5H2. The van der Waals surface area contributed by atoms with E-state index in [2.05, 4.69) is 18.3 Å². The first kappa shape index (κ1) is 13.9. The monoisotopic (exact) mass is 292 g/mol. The zero-order valence-corrected chi connectivity index (χ0v) is 12.0. The van der Waals surface area contributed by atoms with E-state index < -0.39 is 0 Å². The van der Waals surface area contributed by atoms with Gasteiger partial charge in [-0.15, -0.1) is 6.58 Å². The minimum Gasteiger partial charge on any atom is -0.508 e. The van der Waals surface area contributed by atoms with Crippen LogP contribution >= 0.6 is 0 Å². The zero-order valence-electron chi connectivity index (χ0n) is 12.0. The van der Waals surface area contributed by atoms with E-state index in [-0.39, 0.29) is 11.5 Å². The van der Waals surface area contributed by atoms with E-state index in [1.165, 1.54) is 0 Å². The van der Waals surface area contributed by atoms with E-state index in [0.717, 1.165) is 27.8 Å². The number of hydrogen-bond acceptors (Lipinski definition) is 3. The summed E-state index contributed by atoms with van der Waals surface area (Å²) >= 11 is 0. The highest BCUT2D eigenvalue weighted by Gasteiger charge is 2.14. The second kappa shape index (κ2) is 5.41. The van der Waals surface area contributed by atoms with E-state index in [1.54, 1.807) is 48.6 Å². The number of phenols is 2. The predicted molar refractivity (Wildman–Crippen MR) is 88.4 cm³/mol. The lowest BCUT2D eigenvalue weighted by atomic mass is 10.1. The first-order valence-electron chi connectivity index (χ1n) is 6.91. The van der Waals surface area contributed by atoms with Crippen LogP contribution in [0.5, 0.6) is 11.5 Å². The van der Waals surface area contributed by atoms with Crippen molar-refractivity contribution in [2.45, 2.75) is 6.42 Å². The number of nitrogens with zero attached hydrogens (tertiary/aromatic N) is 2. The number of fused-ring (bicyclic) bond motifs is 1. The molecular weight excluding hydrogens is 276 g/mol. The topological polar surface area (TPSA) is 58.3 Å². The van der Waals surface area contributed by atoms with E-state index in [9.17, 15) is 10.2 Å². The highest BCUT2D eigenvalue weighted by molar-refractivity contribution is 5.84. The van der Waals surface area contributed by atoms with Crippen molar-refractivity contribution in [1.82, 2.24) is 9.78 Å². The van der Waals surface area contributed by atoms with Gasteiger partial charge in [0.05, 0.1) is 16.9 Å². The molecule has 3 aromatic rings. The first-order valence-corrected chi connectivity index (χ1v) is 6.91. The predicted octanol–water partition coefficient (Wildman–Crippen LogP) is 3.81. The van der Waals surface area contributed by atoms with Crippen molar-refractivity contribution in [2.75, 3.05) is 0 Å². The molecule has 0 amide bonds. The molecule has 1 heterocycles. The van der Waals surface area contributed by atoms with Crippen LogP contribution in [0.25, 0.3) is 22.7 Å². The number of benzene rings is 2. The number of hydrogen-bond donors (Lipinski definition) is 2. The molecule has 0 fully saturated rings. The zero-order chi connectivity index (χ0) is 15.7. The second-order valence-electron chi connectivity index (χ2n) is 5.00. The molecule has 0 bridgehead atoms. The summed E-state index contributed by atoms with van der Waals surface area (Å²) in [6, 6.07) is 10.1. The minimum absolute atomic E-state index is 0.179. The largest absolute Gasteiger partial charge is 0.508 e. The molecule has 22 heavy (non-hydrogen) atoms. The summed E-state index contributed by atoms with van der Waals surface area (Å²) in [6.45, 7) is 7.58. The molecule has 0 saturated carbocycles. The van der Waals surface area contributed by atoms with Crippen LogP contribution in [0.4, 0.5) is 0 Å². The molecule has 0 aliphatic rings. The quantitative estimate of drug-likeness (QED) is 0.719. The molecule has 0 atom stereocenters. The fourth-order valence-electron chi connectivity index (χ4n) is 2.56. The Morgan fingerprint density at radius 3 is 2.50 bits per heavy atom. The highest BCUT2D eigenvalue weighted by Crippen LogP contribution is 2.29. The molecule has 0 aliphatic heterocycles. The summed E-state index contributed by atoms with van der Waals surface area (Å²) in [4.78, 5) is 0. The Labute approximate surface area is 128 Å². The molecule has 1 aromatic heterocycles. The normalized spacial score (nSPS) is 10.7. The van der Waals surface area contributed by atoms with Gasteiger partial charge in [0.15, 0.2) is 0 Å². The Morgan fingerprint density at radius 2 is 1.77 bits per heavy atom. The summed E-state index contributed by atoms with van der Waals surface area (Å²) in [5.41, 5.74) is 3.31. The van der Waals surface area contributed by atoms with Crippen LogP contribution in [-0.2, 0) is 6.42 Å². The van der Waals surface area contributed by atoms with Gasteiger partial charge in [-0.3, -0.25) is 0 Å². The van der Waals surface area contributed by atoms with Gasteiger partial charge in [-0.1, -0.05) is 18.7 Å². The Kier molecular flexibility index (Phi) is 3.43. The van der Waals surface area contributed by atoms with Gasteiger partial charge < -0.3 is 10.2 Å². The average Bonchev–Trinajstić information content (AvgIpc) is 2.85. The van der Waals surface area contributed by atoms with Crippen LogP contribution in [-0.4, -0.2) is 20.0 Å². The maximum Gasteiger partial charge on any atom is 0.116 e. The highest BCUT2D eigenvalue weighted by atomic mass is 16.3. The van der Waals surface area contributed by atoms with Crippen LogP contribution in [0, 0.1) is 0 Å². The van der Waals surface area contributed by atoms with Crippen molar-refractivity contribution in [3.05, 3.63) is 66.9 Å². The minimum atomic E-state index is 0.179. The van der Waals surface area contributed by atoms with Gasteiger partial charge in [0.2, 0.25) is 0 Å². The van der Waals surface area contributed by atoms with Gasteiger partial charge in [-0.05, 0) is 36.4 Å². The third kappa shape index (κ3) is 2.24. The Morgan fingerprint density at radius 1 is 1.05 bits per heavy atom. The summed E-state index contributed by atoms with van der Waals surface area (Å²) in [7, 11) is 0. The number of allylic oxidation sites excluding steroid dienone is 1. The molecule has 2 N–H and O–H groups in total. The Hall–Kier alpha value is -3.01. The molecule has 4 nitrogen and oxygen atoms in total. The van der Waals surface area contributed by atoms with Gasteiger partial charge in [-0.2, -0.15) is 5.10 Å². The number of phenolic OH excluding ortho intramolecular Hbond substituents is 2. The summed E-state index contributed by atoms with van der Waals surface area (Å²) < 4.78 is 1.81.